The maximum atomic E-state index is 5.62. The Hall–Kier alpha value is -1.02. The largest absolute Gasteiger partial charge is 0.399 e. The smallest absolute Gasteiger partial charge is 0.0346 e. The molecule has 0 amide bonds. The third-order valence-corrected chi connectivity index (χ3v) is 3.27. The van der Waals surface area contributed by atoms with Crippen molar-refractivity contribution < 1.29 is 0 Å². The van der Waals surface area contributed by atoms with Crippen LogP contribution in [0.25, 0.3) is 0 Å². The maximum Gasteiger partial charge on any atom is 0.0346 e. The zero-order chi connectivity index (χ0) is 14.7. The SMILES string of the molecule is CCCN(CCC)CCC.Cc1cccc(N)c1C. The average molecular weight is 264 g/mol. The molecule has 1 rings (SSSR count). The molecule has 2 N–H and O–H groups in total. The Kier molecular flexibility index (Phi) is 10.3. The molecule has 0 bridgehead atoms. The predicted octanol–water partition coefficient (Wildman–Crippen LogP) is 4.40. The number of aryl methyl sites for hydroxylation is 1. The second kappa shape index (κ2) is 10.9. The second-order valence-corrected chi connectivity index (χ2v) is 5.13. The Labute approximate surface area is 120 Å². The van der Waals surface area contributed by atoms with Gasteiger partial charge in [0.15, 0.2) is 0 Å². The van der Waals surface area contributed by atoms with Crippen molar-refractivity contribution in [3.63, 3.8) is 0 Å². The molecular formula is C17H32N2. The highest BCUT2D eigenvalue weighted by molar-refractivity contribution is 5.49. The molecule has 19 heavy (non-hydrogen) atoms. The number of nitrogen functional groups attached to an aromatic ring is 1. The van der Waals surface area contributed by atoms with Crippen LogP contribution in [0.1, 0.15) is 51.2 Å². The average Bonchev–Trinajstić information content (AvgIpc) is 2.38. The molecule has 1 aromatic carbocycles. The van der Waals surface area contributed by atoms with Crippen molar-refractivity contribution in [2.45, 2.75) is 53.9 Å². The van der Waals surface area contributed by atoms with Crippen molar-refractivity contribution in [1.82, 2.24) is 4.90 Å². The van der Waals surface area contributed by atoms with Crippen LogP contribution in [0.3, 0.4) is 0 Å². The van der Waals surface area contributed by atoms with E-state index in [0.29, 0.717) is 0 Å². The van der Waals surface area contributed by atoms with Crippen molar-refractivity contribution in [3.8, 4) is 0 Å². The first-order valence-electron chi connectivity index (χ1n) is 7.60. The molecule has 2 nitrogen and oxygen atoms in total. The Bertz CT molecular complexity index is 300. The molecule has 0 aliphatic rings. The van der Waals surface area contributed by atoms with Gasteiger partial charge in [-0.05, 0) is 69.9 Å². The highest BCUT2D eigenvalue weighted by Crippen LogP contribution is 2.13. The predicted molar refractivity (Wildman–Crippen MR) is 87.6 cm³/mol. The van der Waals surface area contributed by atoms with E-state index in [0.717, 1.165) is 5.69 Å². The van der Waals surface area contributed by atoms with E-state index in [2.05, 4.69) is 38.7 Å². The number of anilines is 1. The first-order valence-corrected chi connectivity index (χ1v) is 7.60. The third kappa shape index (κ3) is 7.89. The summed E-state index contributed by atoms with van der Waals surface area (Å²) in [5.41, 5.74) is 8.96. The summed E-state index contributed by atoms with van der Waals surface area (Å²) in [7, 11) is 0. The van der Waals surface area contributed by atoms with Gasteiger partial charge in [0.05, 0.1) is 0 Å². The molecule has 0 aliphatic heterocycles. The first kappa shape index (κ1) is 18.0. The van der Waals surface area contributed by atoms with Crippen LogP contribution < -0.4 is 5.73 Å². The monoisotopic (exact) mass is 264 g/mol. The van der Waals surface area contributed by atoms with Crippen molar-refractivity contribution in [1.29, 1.82) is 0 Å². The third-order valence-electron chi connectivity index (χ3n) is 3.27. The highest BCUT2D eigenvalue weighted by Gasteiger charge is 1.98. The van der Waals surface area contributed by atoms with Crippen LogP contribution in [0.2, 0.25) is 0 Å². The molecular weight excluding hydrogens is 232 g/mol. The van der Waals surface area contributed by atoms with Crippen molar-refractivity contribution in [3.05, 3.63) is 29.3 Å². The summed E-state index contributed by atoms with van der Waals surface area (Å²) in [6, 6.07) is 5.95. The summed E-state index contributed by atoms with van der Waals surface area (Å²) in [5, 5.41) is 0. The van der Waals surface area contributed by atoms with Crippen LogP contribution in [-0.2, 0) is 0 Å². The van der Waals surface area contributed by atoms with Crippen molar-refractivity contribution in [2.24, 2.45) is 0 Å². The number of nitrogens with zero attached hydrogens (tertiary/aromatic N) is 1. The minimum atomic E-state index is 0.884. The molecule has 0 atom stereocenters. The standard InChI is InChI=1S/C9H21N.C8H11N/c1-4-7-10(8-5-2)9-6-3;1-6-4-3-5-8(9)7(6)2/h4-9H2,1-3H3;3-5H,9H2,1-2H3. The van der Waals surface area contributed by atoms with Gasteiger partial charge in [-0.25, -0.2) is 0 Å². The summed E-state index contributed by atoms with van der Waals surface area (Å²) >= 11 is 0. The molecule has 0 unspecified atom stereocenters. The zero-order valence-electron chi connectivity index (χ0n) is 13.5. The molecule has 0 saturated carbocycles. The van der Waals surface area contributed by atoms with Crippen LogP contribution in [0, 0.1) is 13.8 Å². The lowest BCUT2D eigenvalue weighted by molar-refractivity contribution is 0.275. The lowest BCUT2D eigenvalue weighted by atomic mass is 10.1. The van der Waals surface area contributed by atoms with Crippen molar-refractivity contribution >= 4 is 5.69 Å². The van der Waals surface area contributed by atoms with Gasteiger partial charge in [-0.1, -0.05) is 32.9 Å². The molecule has 0 saturated heterocycles. The minimum absolute atomic E-state index is 0.884. The molecule has 0 aromatic heterocycles. The van der Waals surface area contributed by atoms with Gasteiger partial charge in [0.1, 0.15) is 0 Å². The summed E-state index contributed by atoms with van der Waals surface area (Å²) in [4.78, 5) is 2.54. The number of rotatable bonds is 6. The molecule has 110 valence electrons. The molecule has 0 heterocycles. The fraction of sp³-hybridized carbons (Fsp3) is 0.647. The van der Waals surface area contributed by atoms with Gasteiger partial charge in [0.25, 0.3) is 0 Å². The van der Waals surface area contributed by atoms with E-state index < -0.39 is 0 Å². The van der Waals surface area contributed by atoms with E-state index in [1.807, 2.05) is 19.1 Å². The lowest BCUT2D eigenvalue weighted by Gasteiger charge is -2.19. The van der Waals surface area contributed by atoms with Gasteiger partial charge < -0.3 is 10.6 Å². The Morgan fingerprint density at radius 3 is 1.68 bits per heavy atom. The molecule has 0 spiro atoms. The number of nitrogens with two attached hydrogens (primary N) is 1. The Balaban J connectivity index is 0.000000342. The van der Waals surface area contributed by atoms with E-state index in [4.69, 9.17) is 5.73 Å². The molecule has 0 aliphatic carbocycles. The van der Waals surface area contributed by atoms with Gasteiger partial charge in [0, 0.05) is 5.69 Å². The van der Waals surface area contributed by atoms with Gasteiger partial charge in [-0.2, -0.15) is 0 Å². The van der Waals surface area contributed by atoms with Crippen LogP contribution in [0.15, 0.2) is 18.2 Å². The van der Waals surface area contributed by atoms with Gasteiger partial charge in [-0.15, -0.1) is 0 Å². The van der Waals surface area contributed by atoms with Gasteiger partial charge >= 0.3 is 0 Å². The van der Waals surface area contributed by atoms with E-state index in [9.17, 15) is 0 Å². The van der Waals surface area contributed by atoms with Crippen molar-refractivity contribution in [2.75, 3.05) is 25.4 Å². The van der Waals surface area contributed by atoms with Gasteiger partial charge in [-0.3, -0.25) is 0 Å². The quantitative estimate of drug-likeness (QED) is 0.771. The van der Waals surface area contributed by atoms with Crippen LogP contribution >= 0.6 is 0 Å². The van der Waals surface area contributed by atoms with E-state index in [1.54, 1.807) is 0 Å². The minimum Gasteiger partial charge on any atom is -0.399 e. The normalized spacial score (nSPS) is 10.2. The second-order valence-electron chi connectivity index (χ2n) is 5.13. The summed E-state index contributed by atoms with van der Waals surface area (Å²) < 4.78 is 0. The van der Waals surface area contributed by atoms with Crippen LogP contribution in [0.4, 0.5) is 5.69 Å². The van der Waals surface area contributed by atoms with E-state index in [-0.39, 0.29) is 0 Å². The Morgan fingerprint density at radius 1 is 0.895 bits per heavy atom. The summed E-state index contributed by atoms with van der Waals surface area (Å²) in [6.07, 6.45) is 3.88. The fourth-order valence-corrected chi connectivity index (χ4v) is 2.06. The molecule has 0 fully saturated rings. The molecule has 2 heteroatoms. The van der Waals surface area contributed by atoms with E-state index >= 15 is 0 Å². The van der Waals surface area contributed by atoms with Gasteiger partial charge in [0.2, 0.25) is 0 Å². The summed E-state index contributed by atoms with van der Waals surface area (Å²) in [5.74, 6) is 0. The highest BCUT2D eigenvalue weighted by atomic mass is 15.1. The Morgan fingerprint density at radius 2 is 1.37 bits per heavy atom. The number of benzene rings is 1. The molecule has 1 aromatic rings. The first-order chi connectivity index (χ1) is 9.06. The lowest BCUT2D eigenvalue weighted by Crippen LogP contribution is -2.25. The van der Waals surface area contributed by atoms with E-state index in [1.165, 1.54) is 50.0 Å². The maximum absolute atomic E-state index is 5.62. The molecule has 0 radical (unpaired) electrons. The topological polar surface area (TPSA) is 29.3 Å². The number of hydrogen-bond acceptors (Lipinski definition) is 2. The number of hydrogen-bond donors (Lipinski definition) is 1. The van der Waals surface area contributed by atoms with Crippen LogP contribution in [0.5, 0.6) is 0 Å². The van der Waals surface area contributed by atoms with Crippen LogP contribution in [-0.4, -0.2) is 24.5 Å². The summed E-state index contributed by atoms with van der Waals surface area (Å²) in [6.45, 7) is 14.7. The zero-order valence-corrected chi connectivity index (χ0v) is 13.5. The fourth-order valence-electron chi connectivity index (χ4n) is 2.06.